The van der Waals surface area contributed by atoms with Crippen molar-refractivity contribution in [2.24, 2.45) is 7.05 Å². The highest BCUT2D eigenvalue weighted by molar-refractivity contribution is 5.68. The fraction of sp³-hybridized carbons (Fsp3) is 0.421. The normalized spacial score (nSPS) is 14.2. The molecule has 8 nitrogen and oxygen atoms in total. The first kappa shape index (κ1) is 20.6. The van der Waals surface area contributed by atoms with E-state index in [4.69, 9.17) is 4.74 Å². The summed E-state index contributed by atoms with van der Waals surface area (Å²) in [4.78, 5) is 42.7. The SMILES string of the molecule is CCOC(=O)N1CCN(c2[nH]c(=O)n(C)c(=O)c2Cc2ccc(F)cc2F)CC1. The Labute approximate surface area is 165 Å². The Hall–Kier alpha value is -3.17. The summed E-state index contributed by atoms with van der Waals surface area (Å²) >= 11 is 0. The van der Waals surface area contributed by atoms with Crippen LogP contribution in [-0.4, -0.2) is 53.3 Å². The summed E-state index contributed by atoms with van der Waals surface area (Å²) in [5.41, 5.74) is -0.814. The topological polar surface area (TPSA) is 87.6 Å². The molecule has 0 unspecified atom stereocenters. The molecule has 2 aromatic rings. The highest BCUT2D eigenvalue weighted by atomic mass is 19.1. The van der Waals surface area contributed by atoms with Gasteiger partial charge in [-0.2, -0.15) is 0 Å². The average molecular weight is 408 g/mol. The van der Waals surface area contributed by atoms with Crippen molar-refractivity contribution in [2.45, 2.75) is 13.3 Å². The summed E-state index contributed by atoms with van der Waals surface area (Å²) < 4.78 is 33.2. The van der Waals surface area contributed by atoms with Gasteiger partial charge in [-0.25, -0.2) is 18.4 Å². The van der Waals surface area contributed by atoms with E-state index in [1.165, 1.54) is 13.1 Å². The lowest BCUT2D eigenvalue weighted by Gasteiger charge is -2.35. The molecule has 1 amide bonds. The molecule has 1 aromatic heterocycles. The average Bonchev–Trinajstić information content (AvgIpc) is 2.70. The maximum atomic E-state index is 14.1. The lowest BCUT2D eigenvalue weighted by molar-refractivity contribution is 0.105. The molecule has 2 heterocycles. The molecule has 0 radical (unpaired) electrons. The second-order valence-corrected chi connectivity index (χ2v) is 6.71. The molecule has 10 heteroatoms. The molecule has 29 heavy (non-hydrogen) atoms. The summed E-state index contributed by atoms with van der Waals surface area (Å²) in [6.07, 6.45) is -0.526. The number of nitrogens with zero attached hydrogens (tertiary/aromatic N) is 3. The van der Waals surface area contributed by atoms with Gasteiger partial charge in [-0.15, -0.1) is 0 Å². The summed E-state index contributed by atoms with van der Waals surface area (Å²) in [5, 5.41) is 0. The number of halogens is 2. The van der Waals surface area contributed by atoms with Gasteiger partial charge in [0.1, 0.15) is 17.5 Å². The Morgan fingerprint density at radius 2 is 1.86 bits per heavy atom. The first-order chi connectivity index (χ1) is 13.8. The highest BCUT2D eigenvalue weighted by Crippen LogP contribution is 2.20. The Morgan fingerprint density at radius 1 is 1.17 bits per heavy atom. The Bertz CT molecular complexity index is 1030. The lowest BCUT2D eigenvalue weighted by Crippen LogP contribution is -2.50. The highest BCUT2D eigenvalue weighted by Gasteiger charge is 2.26. The van der Waals surface area contributed by atoms with Crippen LogP contribution in [0.3, 0.4) is 0 Å². The number of hydrogen-bond donors (Lipinski definition) is 1. The minimum absolute atomic E-state index is 0.108. The molecular weight excluding hydrogens is 386 g/mol. The van der Waals surface area contributed by atoms with E-state index in [9.17, 15) is 23.2 Å². The molecule has 1 aromatic carbocycles. The van der Waals surface area contributed by atoms with E-state index in [0.717, 1.165) is 16.7 Å². The number of aromatic amines is 1. The number of ether oxygens (including phenoxy) is 1. The van der Waals surface area contributed by atoms with Crippen LogP contribution in [0.5, 0.6) is 0 Å². The van der Waals surface area contributed by atoms with Gasteiger partial charge in [-0.3, -0.25) is 14.3 Å². The van der Waals surface area contributed by atoms with Crippen LogP contribution < -0.4 is 16.1 Å². The van der Waals surface area contributed by atoms with Gasteiger partial charge in [-0.05, 0) is 18.6 Å². The number of hydrogen-bond acceptors (Lipinski definition) is 5. The van der Waals surface area contributed by atoms with Crippen LogP contribution in [-0.2, 0) is 18.2 Å². The zero-order valence-electron chi connectivity index (χ0n) is 16.2. The Balaban J connectivity index is 1.92. The molecule has 0 bridgehead atoms. The van der Waals surface area contributed by atoms with Crippen LogP contribution >= 0.6 is 0 Å². The number of carbonyl (C=O) groups excluding carboxylic acids is 1. The fourth-order valence-electron chi connectivity index (χ4n) is 3.27. The van der Waals surface area contributed by atoms with Crippen molar-refractivity contribution < 1.29 is 18.3 Å². The van der Waals surface area contributed by atoms with Crippen LogP contribution in [0.1, 0.15) is 18.1 Å². The predicted molar refractivity (Wildman–Crippen MR) is 102 cm³/mol. The first-order valence-electron chi connectivity index (χ1n) is 9.24. The van der Waals surface area contributed by atoms with E-state index in [1.54, 1.807) is 16.7 Å². The molecule has 0 aliphatic carbocycles. The number of piperazine rings is 1. The third-order valence-corrected chi connectivity index (χ3v) is 4.88. The number of amides is 1. The Kier molecular flexibility index (Phi) is 6.00. The Morgan fingerprint density at radius 3 is 2.48 bits per heavy atom. The lowest BCUT2D eigenvalue weighted by atomic mass is 10.0. The monoisotopic (exact) mass is 408 g/mol. The van der Waals surface area contributed by atoms with E-state index in [2.05, 4.69) is 4.98 Å². The van der Waals surface area contributed by atoms with Gasteiger partial charge in [0.25, 0.3) is 5.56 Å². The summed E-state index contributed by atoms with van der Waals surface area (Å²) in [6, 6.07) is 3.15. The summed E-state index contributed by atoms with van der Waals surface area (Å²) in [5.74, 6) is -1.20. The molecule has 1 aliphatic heterocycles. The maximum absolute atomic E-state index is 14.1. The summed E-state index contributed by atoms with van der Waals surface area (Å²) in [7, 11) is 1.33. The third kappa shape index (κ3) is 4.30. The maximum Gasteiger partial charge on any atom is 0.409 e. The molecule has 1 saturated heterocycles. The van der Waals surface area contributed by atoms with Gasteiger partial charge in [0.15, 0.2) is 0 Å². The number of benzene rings is 1. The number of nitrogens with one attached hydrogen (secondary N) is 1. The van der Waals surface area contributed by atoms with Gasteiger partial charge < -0.3 is 14.5 Å². The van der Waals surface area contributed by atoms with Crippen molar-refractivity contribution in [1.82, 2.24) is 14.5 Å². The molecule has 156 valence electrons. The van der Waals surface area contributed by atoms with Gasteiger partial charge in [0.05, 0.1) is 12.2 Å². The minimum Gasteiger partial charge on any atom is -0.450 e. The smallest absolute Gasteiger partial charge is 0.409 e. The quantitative estimate of drug-likeness (QED) is 0.822. The van der Waals surface area contributed by atoms with E-state index in [1.807, 2.05) is 0 Å². The second-order valence-electron chi connectivity index (χ2n) is 6.71. The van der Waals surface area contributed by atoms with Crippen LogP contribution in [0.15, 0.2) is 27.8 Å². The van der Waals surface area contributed by atoms with E-state index < -0.39 is 29.0 Å². The molecule has 1 N–H and O–H groups in total. The van der Waals surface area contributed by atoms with E-state index in [-0.39, 0.29) is 30.0 Å². The molecule has 0 saturated carbocycles. The molecule has 1 aliphatic rings. The third-order valence-electron chi connectivity index (χ3n) is 4.88. The first-order valence-corrected chi connectivity index (χ1v) is 9.24. The standard InChI is InChI=1S/C19H22F2N4O4/c1-3-29-19(28)25-8-6-24(7-9-25)16-14(17(26)23(2)18(27)22-16)10-12-4-5-13(20)11-15(12)21/h4-5,11H,3,6-10H2,1-2H3,(H,22,27). The van der Waals surface area contributed by atoms with Crippen molar-refractivity contribution in [3.8, 4) is 0 Å². The number of H-pyrrole nitrogens is 1. The van der Waals surface area contributed by atoms with Crippen LogP contribution in [0, 0.1) is 11.6 Å². The molecular formula is C19H22F2N4O4. The van der Waals surface area contributed by atoms with Crippen LogP contribution in [0.25, 0.3) is 0 Å². The fourth-order valence-corrected chi connectivity index (χ4v) is 3.27. The van der Waals surface area contributed by atoms with Gasteiger partial charge in [0, 0.05) is 45.7 Å². The van der Waals surface area contributed by atoms with Crippen molar-refractivity contribution in [2.75, 3.05) is 37.7 Å². The number of anilines is 1. The van der Waals surface area contributed by atoms with Crippen LogP contribution in [0.4, 0.5) is 19.4 Å². The molecule has 3 rings (SSSR count). The van der Waals surface area contributed by atoms with Gasteiger partial charge in [-0.1, -0.05) is 6.07 Å². The van der Waals surface area contributed by atoms with Crippen molar-refractivity contribution >= 4 is 11.9 Å². The minimum atomic E-state index is -0.767. The number of aromatic nitrogens is 2. The predicted octanol–water partition coefficient (Wildman–Crippen LogP) is 1.22. The van der Waals surface area contributed by atoms with Crippen molar-refractivity contribution in [3.05, 3.63) is 61.8 Å². The van der Waals surface area contributed by atoms with Gasteiger partial charge >= 0.3 is 11.8 Å². The van der Waals surface area contributed by atoms with Crippen molar-refractivity contribution in [3.63, 3.8) is 0 Å². The van der Waals surface area contributed by atoms with E-state index >= 15 is 0 Å². The molecule has 0 spiro atoms. The zero-order chi connectivity index (χ0) is 21.1. The second kappa shape index (κ2) is 8.46. The number of carbonyl (C=O) groups is 1. The van der Waals surface area contributed by atoms with Crippen LogP contribution in [0.2, 0.25) is 0 Å². The van der Waals surface area contributed by atoms with Gasteiger partial charge in [0.2, 0.25) is 0 Å². The molecule has 0 atom stereocenters. The number of rotatable bonds is 4. The summed E-state index contributed by atoms with van der Waals surface area (Å²) in [6.45, 7) is 3.41. The van der Waals surface area contributed by atoms with E-state index in [0.29, 0.717) is 26.2 Å². The zero-order valence-corrected chi connectivity index (χ0v) is 16.2. The largest absolute Gasteiger partial charge is 0.450 e. The molecule has 1 fully saturated rings. The van der Waals surface area contributed by atoms with Crippen molar-refractivity contribution in [1.29, 1.82) is 0 Å².